The first-order chi connectivity index (χ1) is 11.5. The second-order valence-electron chi connectivity index (χ2n) is 5.39. The molecule has 1 amide bonds. The highest BCUT2D eigenvalue weighted by Gasteiger charge is 2.13. The molecule has 7 heteroatoms. The van der Waals surface area contributed by atoms with Gasteiger partial charge in [-0.05, 0) is 33.6 Å². The molecular formula is C17H15BrFN3O2. The number of nitrogens with zero attached hydrogens (tertiary/aromatic N) is 2. The van der Waals surface area contributed by atoms with Crippen molar-refractivity contribution in [3.05, 3.63) is 70.3 Å². The number of hydrogen-bond donors (Lipinski definition) is 2. The topological polar surface area (TPSA) is 66.6 Å². The quantitative estimate of drug-likeness (QED) is 0.702. The van der Waals surface area contributed by atoms with Gasteiger partial charge in [0.15, 0.2) is 5.65 Å². The molecule has 0 aliphatic carbocycles. The maximum Gasteiger partial charge on any atom is 0.252 e. The smallest absolute Gasteiger partial charge is 0.252 e. The van der Waals surface area contributed by atoms with Crippen LogP contribution in [0.5, 0.6) is 0 Å². The number of nitrogens with one attached hydrogen (secondary N) is 1. The van der Waals surface area contributed by atoms with Crippen LogP contribution in [0.15, 0.2) is 53.4 Å². The largest absolute Gasteiger partial charge is 0.391 e. The Labute approximate surface area is 146 Å². The van der Waals surface area contributed by atoms with E-state index in [-0.39, 0.29) is 24.7 Å². The van der Waals surface area contributed by atoms with Crippen molar-refractivity contribution in [2.24, 2.45) is 0 Å². The number of fused-ring (bicyclic) bond motifs is 1. The van der Waals surface area contributed by atoms with E-state index < -0.39 is 6.10 Å². The maximum absolute atomic E-state index is 13.6. The predicted molar refractivity (Wildman–Crippen MR) is 91.3 cm³/mol. The minimum Gasteiger partial charge on any atom is -0.391 e. The fourth-order valence-corrected chi connectivity index (χ4v) is 2.97. The molecular weight excluding hydrogens is 377 g/mol. The molecule has 2 aromatic heterocycles. The Morgan fingerprint density at radius 3 is 3.00 bits per heavy atom. The molecule has 2 heterocycles. The van der Waals surface area contributed by atoms with Gasteiger partial charge in [0.25, 0.3) is 5.91 Å². The van der Waals surface area contributed by atoms with Crippen molar-refractivity contribution in [2.45, 2.75) is 12.5 Å². The Hall–Kier alpha value is -2.25. The first-order valence-electron chi connectivity index (χ1n) is 7.36. The fraction of sp³-hybridized carbons (Fsp3) is 0.176. The number of imidazole rings is 1. The summed E-state index contributed by atoms with van der Waals surface area (Å²) in [7, 11) is 0. The zero-order valence-electron chi connectivity index (χ0n) is 12.6. The van der Waals surface area contributed by atoms with Gasteiger partial charge in [-0.2, -0.15) is 0 Å². The summed E-state index contributed by atoms with van der Waals surface area (Å²) in [6, 6.07) is 7.93. The van der Waals surface area contributed by atoms with Gasteiger partial charge in [-0.15, -0.1) is 0 Å². The van der Waals surface area contributed by atoms with Gasteiger partial charge in [0, 0.05) is 31.6 Å². The highest BCUT2D eigenvalue weighted by atomic mass is 79.9. The minimum absolute atomic E-state index is 0.0345. The molecule has 0 aliphatic rings. The van der Waals surface area contributed by atoms with E-state index in [0.717, 1.165) is 0 Å². The number of rotatable bonds is 5. The highest BCUT2D eigenvalue weighted by Crippen LogP contribution is 2.18. The van der Waals surface area contributed by atoms with E-state index in [0.29, 0.717) is 21.2 Å². The number of aliphatic hydroxyl groups is 1. The molecule has 124 valence electrons. The van der Waals surface area contributed by atoms with Crippen LogP contribution in [0.25, 0.3) is 5.65 Å². The van der Waals surface area contributed by atoms with E-state index in [1.54, 1.807) is 47.3 Å². The summed E-state index contributed by atoms with van der Waals surface area (Å²) in [4.78, 5) is 16.4. The average molecular weight is 392 g/mol. The second kappa shape index (κ2) is 7.11. The number of amides is 1. The van der Waals surface area contributed by atoms with E-state index in [1.807, 2.05) is 0 Å². The molecule has 0 bridgehead atoms. The summed E-state index contributed by atoms with van der Waals surface area (Å²) in [6.07, 6.45) is 4.30. The summed E-state index contributed by atoms with van der Waals surface area (Å²) < 4.78 is 16.0. The van der Waals surface area contributed by atoms with Gasteiger partial charge in [-0.3, -0.25) is 4.79 Å². The van der Waals surface area contributed by atoms with Crippen LogP contribution in [0.3, 0.4) is 0 Å². The van der Waals surface area contributed by atoms with Crippen LogP contribution in [-0.2, 0) is 6.42 Å². The molecule has 1 aromatic carbocycles. The normalized spacial score (nSPS) is 12.3. The van der Waals surface area contributed by atoms with Crippen molar-refractivity contribution in [3.8, 4) is 0 Å². The Bertz CT molecular complexity index is 881. The lowest BCUT2D eigenvalue weighted by Gasteiger charge is -2.13. The fourth-order valence-electron chi connectivity index (χ4n) is 2.42. The number of halogens is 2. The van der Waals surface area contributed by atoms with Gasteiger partial charge >= 0.3 is 0 Å². The molecule has 3 aromatic rings. The first kappa shape index (κ1) is 16.6. The van der Waals surface area contributed by atoms with E-state index in [9.17, 15) is 14.3 Å². The predicted octanol–water partition coefficient (Wildman–Crippen LogP) is 2.57. The average Bonchev–Trinajstić information content (AvgIpc) is 3.04. The zero-order chi connectivity index (χ0) is 17.1. The molecule has 0 aliphatic heterocycles. The lowest BCUT2D eigenvalue weighted by atomic mass is 10.1. The summed E-state index contributed by atoms with van der Waals surface area (Å²) in [6.45, 7) is 0.0345. The zero-order valence-corrected chi connectivity index (χ0v) is 14.2. The van der Waals surface area contributed by atoms with Crippen molar-refractivity contribution < 1.29 is 14.3 Å². The summed E-state index contributed by atoms with van der Waals surface area (Å²) >= 11 is 3.37. The van der Waals surface area contributed by atoms with Crippen LogP contribution in [0.4, 0.5) is 4.39 Å². The molecule has 0 fully saturated rings. The first-order valence-corrected chi connectivity index (χ1v) is 8.16. The monoisotopic (exact) mass is 391 g/mol. The molecule has 2 N–H and O–H groups in total. The van der Waals surface area contributed by atoms with Crippen molar-refractivity contribution in [3.63, 3.8) is 0 Å². The Morgan fingerprint density at radius 1 is 1.42 bits per heavy atom. The minimum atomic E-state index is -0.869. The third kappa shape index (κ3) is 3.63. The van der Waals surface area contributed by atoms with Crippen LogP contribution in [0.2, 0.25) is 0 Å². The van der Waals surface area contributed by atoms with E-state index in [1.165, 1.54) is 6.07 Å². The van der Waals surface area contributed by atoms with E-state index in [2.05, 4.69) is 26.2 Å². The van der Waals surface area contributed by atoms with Crippen molar-refractivity contribution in [1.82, 2.24) is 14.7 Å². The molecule has 5 nitrogen and oxygen atoms in total. The molecule has 0 saturated heterocycles. The number of carbonyl (C=O) groups excluding carboxylic acids is 1. The van der Waals surface area contributed by atoms with Crippen LogP contribution >= 0.6 is 15.9 Å². The third-order valence-corrected chi connectivity index (χ3v) is 4.20. The number of pyridine rings is 1. The van der Waals surface area contributed by atoms with Crippen LogP contribution < -0.4 is 5.32 Å². The van der Waals surface area contributed by atoms with Gasteiger partial charge in [0.2, 0.25) is 0 Å². The lowest BCUT2D eigenvalue weighted by Crippen LogP contribution is -2.33. The Kier molecular flexibility index (Phi) is 4.92. The standard InChI is InChI=1S/C17H15BrFN3O2/c18-14-8-12(10-22-6-5-20-16(14)22)17(24)21-9-13(23)7-11-3-1-2-4-15(11)19/h1-6,8,10,13,23H,7,9H2,(H,21,24)/t13-/m0/s1. The SMILES string of the molecule is O=C(NC[C@@H](O)Cc1ccccc1F)c1cc(Br)c2nccn2c1. The van der Waals surface area contributed by atoms with Gasteiger partial charge in [-0.25, -0.2) is 9.37 Å². The number of hydrogen-bond acceptors (Lipinski definition) is 3. The lowest BCUT2D eigenvalue weighted by molar-refractivity contribution is 0.0915. The number of carbonyl (C=O) groups is 1. The van der Waals surface area contributed by atoms with Gasteiger partial charge < -0.3 is 14.8 Å². The van der Waals surface area contributed by atoms with Gasteiger partial charge in [0.05, 0.1) is 16.1 Å². The number of benzene rings is 1. The molecule has 0 unspecified atom stereocenters. The molecule has 0 radical (unpaired) electrons. The second-order valence-corrected chi connectivity index (χ2v) is 6.25. The summed E-state index contributed by atoms with van der Waals surface area (Å²) in [5.74, 6) is -0.684. The van der Waals surface area contributed by atoms with Crippen molar-refractivity contribution >= 4 is 27.5 Å². The van der Waals surface area contributed by atoms with Crippen LogP contribution in [0, 0.1) is 5.82 Å². The molecule has 1 atom stereocenters. The van der Waals surface area contributed by atoms with Crippen LogP contribution in [-0.4, -0.2) is 33.0 Å². The van der Waals surface area contributed by atoms with Gasteiger partial charge in [0.1, 0.15) is 5.82 Å². The maximum atomic E-state index is 13.6. The Balaban J connectivity index is 1.63. The van der Waals surface area contributed by atoms with E-state index >= 15 is 0 Å². The molecule has 24 heavy (non-hydrogen) atoms. The Morgan fingerprint density at radius 2 is 2.21 bits per heavy atom. The summed E-state index contributed by atoms with van der Waals surface area (Å²) in [5.41, 5.74) is 1.57. The summed E-state index contributed by atoms with van der Waals surface area (Å²) in [5, 5.41) is 12.7. The highest BCUT2D eigenvalue weighted by molar-refractivity contribution is 9.10. The third-order valence-electron chi connectivity index (χ3n) is 3.62. The number of aromatic nitrogens is 2. The van der Waals surface area contributed by atoms with Gasteiger partial charge in [-0.1, -0.05) is 18.2 Å². The van der Waals surface area contributed by atoms with Crippen LogP contribution in [0.1, 0.15) is 15.9 Å². The van der Waals surface area contributed by atoms with Crippen molar-refractivity contribution in [1.29, 1.82) is 0 Å². The van der Waals surface area contributed by atoms with E-state index in [4.69, 9.17) is 0 Å². The molecule has 3 rings (SSSR count). The van der Waals surface area contributed by atoms with Crippen molar-refractivity contribution in [2.75, 3.05) is 6.54 Å². The molecule has 0 saturated carbocycles. The number of aliphatic hydroxyl groups excluding tert-OH is 1. The molecule has 0 spiro atoms.